The van der Waals surface area contributed by atoms with Crippen LogP contribution >= 0.6 is 23.4 Å². The summed E-state index contributed by atoms with van der Waals surface area (Å²) in [5.41, 5.74) is 3.16. The number of aromatic nitrogens is 4. The molecule has 0 aliphatic carbocycles. The highest BCUT2D eigenvalue weighted by Gasteiger charge is 2.16. The van der Waals surface area contributed by atoms with Gasteiger partial charge in [0.05, 0.1) is 6.42 Å². The van der Waals surface area contributed by atoms with Gasteiger partial charge in [0, 0.05) is 27.7 Å². The van der Waals surface area contributed by atoms with E-state index in [4.69, 9.17) is 11.6 Å². The van der Waals surface area contributed by atoms with Crippen molar-refractivity contribution in [3.63, 3.8) is 0 Å². The van der Waals surface area contributed by atoms with Crippen LogP contribution in [0.1, 0.15) is 17.0 Å². The average Bonchev–Trinajstić information content (AvgIpc) is 2.94. The monoisotopic (exact) mass is 361 g/mol. The predicted octanol–water partition coefficient (Wildman–Crippen LogP) is 3.30. The number of carbonyl (C=O) groups excluding carboxylic acids is 1. The van der Waals surface area contributed by atoms with Crippen LogP contribution in [0, 0.1) is 13.8 Å². The molecule has 0 saturated heterocycles. The van der Waals surface area contributed by atoms with Gasteiger partial charge >= 0.3 is 0 Å². The number of aryl methyl sites for hydroxylation is 2. The van der Waals surface area contributed by atoms with Gasteiger partial charge in [0.25, 0.3) is 5.78 Å². The van der Waals surface area contributed by atoms with Gasteiger partial charge in [0.2, 0.25) is 11.1 Å². The lowest BCUT2D eigenvalue weighted by molar-refractivity contribution is -0.115. The van der Waals surface area contributed by atoms with E-state index in [2.05, 4.69) is 20.4 Å². The van der Waals surface area contributed by atoms with E-state index >= 15 is 0 Å². The third-order valence-corrected chi connectivity index (χ3v) is 4.43. The molecule has 2 heterocycles. The van der Waals surface area contributed by atoms with E-state index < -0.39 is 0 Å². The highest BCUT2D eigenvalue weighted by atomic mass is 35.5. The zero-order valence-electron chi connectivity index (χ0n) is 13.5. The molecule has 3 aromatic rings. The molecule has 2 aromatic heterocycles. The number of fused-ring (bicyclic) bond motifs is 1. The number of amides is 1. The minimum atomic E-state index is -0.130. The zero-order valence-corrected chi connectivity index (χ0v) is 15.1. The van der Waals surface area contributed by atoms with E-state index in [9.17, 15) is 4.79 Å². The standard InChI is InChI=1S/C16H16ClN5OS/c1-9-13(8-14(23)19-12-6-4-5-11(17)7-12)10(2)22-15(18-9)20-16(21-22)24-3/h4-7H,8H2,1-3H3,(H,19,23). The van der Waals surface area contributed by atoms with Crippen molar-refractivity contribution in [3.8, 4) is 0 Å². The van der Waals surface area contributed by atoms with Gasteiger partial charge in [0.1, 0.15) is 0 Å². The van der Waals surface area contributed by atoms with E-state index in [1.807, 2.05) is 20.1 Å². The smallest absolute Gasteiger partial charge is 0.253 e. The first-order valence-electron chi connectivity index (χ1n) is 7.30. The second kappa shape index (κ2) is 6.78. The molecule has 124 valence electrons. The molecule has 24 heavy (non-hydrogen) atoms. The summed E-state index contributed by atoms with van der Waals surface area (Å²) in [5.74, 6) is 0.420. The first-order valence-corrected chi connectivity index (χ1v) is 8.90. The van der Waals surface area contributed by atoms with Crippen molar-refractivity contribution in [2.75, 3.05) is 11.6 Å². The Labute approximate surface area is 148 Å². The van der Waals surface area contributed by atoms with Crippen LogP contribution in [-0.2, 0) is 11.2 Å². The molecule has 1 N–H and O–H groups in total. The molecule has 1 amide bonds. The fraction of sp³-hybridized carbons (Fsp3) is 0.250. The number of hydrogen-bond acceptors (Lipinski definition) is 5. The molecule has 1 aromatic carbocycles. The summed E-state index contributed by atoms with van der Waals surface area (Å²) < 4.78 is 1.68. The van der Waals surface area contributed by atoms with Crippen LogP contribution in [0.3, 0.4) is 0 Å². The Morgan fingerprint density at radius 3 is 2.83 bits per heavy atom. The third-order valence-electron chi connectivity index (χ3n) is 3.66. The fourth-order valence-corrected chi connectivity index (χ4v) is 2.99. The molecule has 0 aliphatic rings. The Hall–Kier alpha value is -2.12. The Morgan fingerprint density at radius 2 is 2.12 bits per heavy atom. The van der Waals surface area contributed by atoms with Gasteiger partial charge in [-0.05, 0) is 38.3 Å². The van der Waals surface area contributed by atoms with Crippen LogP contribution in [-0.4, -0.2) is 31.7 Å². The molecule has 0 fully saturated rings. The number of nitrogens with one attached hydrogen (secondary N) is 1. The third kappa shape index (κ3) is 3.37. The number of benzene rings is 1. The van der Waals surface area contributed by atoms with Crippen molar-refractivity contribution in [3.05, 3.63) is 46.2 Å². The molecule has 0 atom stereocenters. The number of hydrogen-bond donors (Lipinski definition) is 1. The Kier molecular flexibility index (Phi) is 4.73. The number of thioether (sulfide) groups is 1. The van der Waals surface area contributed by atoms with Crippen LogP contribution in [0.4, 0.5) is 5.69 Å². The van der Waals surface area contributed by atoms with Crippen molar-refractivity contribution in [2.24, 2.45) is 0 Å². The highest BCUT2D eigenvalue weighted by molar-refractivity contribution is 7.98. The molecular formula is C16H16ClN5OS. The van der Waals surface area contributed by atoms with Crippen molar-refractivity contribution in [1.29, 1.82) is 0 Å². The van der Waals surface area contributed by atoms with Gasteiger partial charge in [-0.1, -0.05) is 29.4 Å². The maximum absolute atomic E-state index is 12.4. The van der Waals surface area contributed by atoms with Crippen molar-refractivity contribution in [2.45, 2.75) is 25.4 Å². The number of nitrogens with zero attached hydrogens (tertiary/aromatic N) is 4. The van der Waals surface area contributed by atoms with Crippen molar-refractivity contribution >= 4 is 40.7 Å². The summed E-state index contributed by atoms with van der Waals surface area (Å²) in [7, 11) is 0. The van der Waals surface area contributed by atoms with Gasteiger partial charge in [-0.3, -0.25) is 4.79 Å². The molecular weight excluding hydrogens is 346 g/mol. The lowest BCUT2D eigenvalue weighted by Gasteiger charge is -2.11. The molecule has 0 saturated carbocycles. The molecule has 8 heteroatoms. The minimum absolute atomic E-state index is 0.130. The van der Waals surface area contributed by atoms with E-state index in [-0.39, 0.29) is 12.3 Å². The Morgan fingerprint density at radius 1 is 1.33 bits per heavy atom. The Balaban J connectivity index is 1.87. The van der Waals surface area contributed by atoms with Gasteiger partial charge < -0.3 is 5.32 Å². The molecule has 0 aliphatic heterocycles. The maximum atomic E-state index is 12.4. The molecule has 0 spiro atoms. The lowest BCUT2D eigenvalue weighted by Crippen LogP contribution is -2.17. The number of rotatable bonds is 4. The molecule has 6 nitrogen and oxygen atoms in total. The van der Waals surface area contributed by atoms with E-state index in [1.165, 1.54) is 11.8 Å². The summed E-state index contributed by atoms with van der Waals surface area (Å²) in [6.07, 6.45) is 2.12. The van der Waals surface area contributed by atoms with Crippen LogP contribution in [0.15, 0.2) is 29.4 Å². The predicted molar refractivity (Wildman–Crippen MR) is 95.8 cm³/mol. The molecule has 0 unspecified atom stereocenters. The van der Waals surface area contributed by atoms with Crippen molar-refractivity contribution in [1.82, 2.24) is 19.6 Å². The summed E-state index contributed by atoms with van der Waals surface area (Å²) in [4.78, 5) is 21.2. The van der Waals surface area contributed by atoms with Crippen LogP contribution < -0.4 is 5.32 Å². The quantitative estimate of drug-likeness (QED) is 0.722. The normalized spacial score (nSPS) is 11.0. The fourth-order valence-electron chi connectivity index (χ4n) is 2.46. The number of anilines is 1. The lowest BCUT2D eigenvalue weighted by atomic mass is 10.1. The summed E-state index contributed by atoms with van der Waals surface area (Å²) in [6.45, 7) is 3.80. The van der Waals surface area contributed by atoms with E-state index in [0.29, 0.717) is 21.6 Å². The molecule has 0 radical (unpaired) electrons. The van der Waals surface area contributed by atoms with Crippen molar-refractivity contribution < 1.29 is 4.79 Å². The average molecular weight is 362 g/mol. The van der Waals surface area contributed by atoms with E-state index in [0.717, 1.165) is 17.0 Å². The number of carbonyl (C=O) groups is 1. The highest BCUT2D eigenvalue weighted by Crippen LogP contribution is 2.19. The minimum Gasteiger partial charge on any atom is -0.326 e. The maximum Gasteiger partial charge on any atom is 0.253 e. The first kappa shape index (κ1) is 16.7. The topological polar surface area (TPSA) is 72.2 Å². The van der Waals surface area contributed by atoms with Crippen LogP contribution in [0.5, 0.6) is 0 Å². The first-order chi connectivity index (χ1) is 11.5. The Bertz CT molecular complexity index is 924. The second-order valence-electron chi connectivity index (χ2n) is 5.31. The summed E-state index contributed by atoms with van der Waals surface area (Å²) >= 11 is 7.40. The van der Waals surface area contributed by atoms with Gasteiger partial charge in [-0.15, -0.1) is 5.10 Å². The van der Waals surface area contributed by atoms with E-state index in [1.54, 1.807) is 28.8 Å². The summed E-state index contributed by atoms with van der Waals surface area (Å²) in [5, 5.41) is 8.48. The SMILES string of the molecule is CSc1nc2nc(C)c(CC(=O)Nc3cccc(Cl)c3)c(C)n2n1. The van der Waals surface area contributed by atoms with Crippen LogP contribution in [0.2, 0.25) is 5.02 Å². The second-order valence-corrected chi connectivity index (χ2v) is 6.52. The molecule has 0 bridgehead atoms. The summed E-state index contributed by atoms with van der Waals surface area (Å²) in [6, 6.07) is 7.06. The number of halogens is 1. The largest absolute Gasteiger partial charge is 0.326 e. The van der Waals surface area contributed by atoms with Crippen LogP contribution in [0.25, 0.3) is 5.78 Å². The molecule has 3 rings (SSSR count). The van der Waals surface area contributed by atoms with Gasteiger partial charge in [-0.2, -0.15) is 4.98 Å². The zero-order chi connectivity index (χ0) is 17.3. The van der Waals surface area contributed by atoms with Gasteiger partial charge in [0.15, 0.2) is 0 Å². The van der Waals surface area contributed by atoms with Gasteiger partial charge in [-0.25, -0.2) is 9.50 Å².